The van der Waals surface area contributed by atoms with Crippen LogP contribution < -0.4 is 5.73 Å². The molecule has 82 valence electrons. The average Bonchev–Trinajstić information content (AvgIpc) is 2.19. The highest BCUT2D eigenvalue weighted by molar-refractivity contribution is 8.15. The molecule has 1 aromatic rings. The predicted octanol–water partition coefficient (Wildman–Crippen LogP) is 2.10. The van der Waals surface area contributed by atoms with Crippen LogP contribution in [0.2, 0.25) is 0 Å². The molecular weight excluding hydrogens is 226 g/mol. The highest BCUT2D eigenvalue weighted by atomic mass is 32.2. The van der Waals surface area contributed by atoms with Gasteiger partial charge in [-0.25, -0.2) is 0 Å². The van der Waals surface area contributed by atoms with Crippen molar-refractivity contribution < 1.29 is 4.21 Å². The van der Waals surface area contributed by atoms with Crippen LogP contribution in [-0.4, -0.2) is 16.7 Å². The van der Waals surface area contributed by atoms with Gasteiger partial charge in [-0.05, 0) is 11.8 Å². The summed E-state index contributed by atoms with van der Waals surface area (Å²) in [7, 11) is -0.990. The molecule has 0 aliphatic rings. The van der Waals surface area contributed by atoms with E-state index in [2.05, 4.69) is 0 Å². The summed E-state index contributed by atoms with van der Waals surface area (Å²) >= 11 is 1.46. The molecule has 0 spiro atoms. The van der Waals surface area contributed by atoms with Gasteiger partial charge < -0.3 is 5.73 Å². The van der Waals surface area contributed by atoms with E-state index in [-0.39, 0.29) is 0 Å². The van der Waals surface area contributed by atoms with Crippen LogP contribution in [0, 0.1) is 0 Å². The standard InChI is InChI=1S/C11H15NOS2/c1-14-11(15(2)13)10(12)8-9-6-4-3-5-7-9/h3-7H,8,12H2,1-2H3. The average molecular weight is 241 g/mol. The van der Waals surface area contributed by atoms with E-state index in [4.69, 9.17) is 5.73 Å². The Morgan fingerprint density at radius 3 is 2.47 bits per heavy atom. The smallest absolute Gasteiger partial charge is 0.0901 e. The molecule has 4 heteroatoms. The van der Waals surface area contributed by atoms with Gasteiger partial charge in [-0.2, -0.15) is 0 Å². The number of benzene rings is 1. The van der Waals surface area contributed by atoms with E-state index in [1.807, 2.05) is 36.6 Å². The van der Waals surface area contributed by atoms with E-state index in [0.29, 0.717) is 12.1 Å². The van der Waals surface area contributed by atoms with Crippen molar-refractivity contribution >= 4 is 22.6 Å². The molecule has 1 aromatic carbocycles. The van der Waals surface area contributed by atoms with Crippen LogP contribution >= 0.6 is 11.8 Å². The quantitative estimate of drug-likeness (QED) is 0.878. The fourth-order valence-corrected chi connectivity index (χ4v) is 3.04. The molecular formula is C11H15NOS2. The number of hydrogen-bond acceptors (Lipinski definition) is 3. The van der Waals surface area contributed by atoms with Gasteiger partial charge in [-0.1, -0.05) is 30.3 Å². The molecule has 0 saturated carbocycles. The normalized spacial score (nSPS) is 14.5. The van der Waals surface area contributed by atoms with Crippen molar-refractivity contribution in [2.45, 2.75) is 6.42 Å². The first kappa shape index (κ1) is 12.3. The van der Waals surface area contributed by atoms with Gasteiger partial charge in [0.05, 0.1) is 15.0 Å². The Bertz CT molecular complexity index is 373. The molecule has 2 nitrogen and oxygen atoms in total. The summed E-state index contributed by atoms with van der Waals surface area (Å²) in [5.74, 6) is 0. The second-order valence-corrected chi connectivity index (χ2v) is 5.52. The van der Waals surface area contributed by atoms with Gasteiger partial charge in [-0.15, -0.1) is 11.8 Å². The second kappa shape index (κ2) is 5.98. The highest BCUT2D eigenvalue weighted by Gasteiger charge is 2.06. The van der Waals surface area contributed by atoms with E-state index in [1.165, 1.54) is 11.8 Å². The minimum Gasteiger partial charge on any atom is -0.400 e. The molecule has 0 amide bonds. The maximum atomic E-state index is 11.4. The lowest BCUT2D eigenvalue weighted by Crippen LogP contribution is -2.07. The van der Waals surface area contributed by atoms with Gasteiger partial charge >= 0.3 is 0 Å². The van der Waals surface area contributed by atoms with Crippen LogP contribution in [0.1, 0.15) is 5.56 Å². The molecule has 0 radical (unpaired) electrons. The fraction of sp³-hybridized carbons (Fsp3) is 0.273. The minimum absolute atomic E-state index is 0.663. The van der Waals surface area contributed by atoms with E-state index in [0.717, 1.165) is 9.80 Å². The van der Waals surface area contributed by atoms with Gasteiger partial charge in [0.25, 0.3) is 0 Å². The third-order valence-corrected chi connectivity index (χ3v) is 4.57. The Labute approximate surface area is 97.4 Å². The summed E-state index contributed by atoms with van der Waals surface area (Å²) in [6.45, 7) is 0. The summed E-state index contributed by atoms with van der Waals surface area (Å²) in [6.07, 6.45) is 4.22. The van der Waals surface area contributed by atoms with Crippen LogP contribution in [0.3, 0.4) is 0 Å². The minimum atomic E-state index is -0.990. The van der Waals surface area contributed by atoms with Gasteiger partial charge in [0, 0.05) is 18.4 Å². The number of rotatable bonds is 4. The maximum Gasteiger partial charge on any atom is 0.0901 e. The second-order valence-electron chi connectivity index (χ2n) is 3.13. The Morgan fingerprint density at radius 1 is 1.40 bits per heavy atom. The molecule has 15 heavy (non-hydrogen) atoms. The molecule has 0 bridgehead atoms. The Hall–Kier alpha value is -0.740. The predicted molar refractivity (Wildman–Crippen MR) is 68.9 cm³/mol. The summed E-state index contributed by atoms with van der Waals surface area (Å²) in [5, 5.41) is 0. The summed E-state index contributed by atoms with van der Waals surface area (Å²) in [4.78, 5) is 0. The zero-order valence-corrected chi connectivity index (χ0v) is 10.5. The van der Waals surface area contributed by atoms with Crippen molar-refractivity contribution in [1.29, 1.82) is 0 Å². The third-order valence-electron chi connectivity index (χ3n) is 1.95. The third kappa shape index (κ3) is 3.72. The maximum absolute atomic E-state index is 11.4. The SMILES string of the molecule is CSC(=C(N)Cc1ccccc1)S(C)=O. The summed E-state index contributed by atoms with van der Waals surface area (Å²) < 4.78 is 12.1. The van der Waals surface area contributed by atoms with Crippen molar-refractivity contribution in [3.63, 3.8) is 0 Å². The van der Waals surface area contributed by atoms with Crippen molar-refractivity contribution in [2.75, 3.05) is 12.5 Å². The first-order valence-corrected chi connectivity index (χ1v) is 7.33. The van der Waals surface area contributed by atoms with Crippen LogP contribution in [0.15, 0.2) is 40.3 Å². The van der Waals surface area contributed by atoms with Crippen LogP contribution in [0.4, 0.5) is 0 Å². The molecule has 0 fully saturated rings. The van der Waals surface area contributed by atoms with Crippen molar-refractivity contribution in [3.05, 3.63) is 45.8 Å². The lowest BCUT2D eigenvalue weighted by atomic mass is 10.1. The Morgan fingerprint density at radius 2 is 2.00 bits per heavy atom. The molecule has 2 N–H and O–H groups in total. The van der Waals surface area contributed by atoms with Crippen molar-refractivity contribution in [1.82, 2.24) is 0 Å². The van der Waals surface area contributed by atoms with E-state index in [9.17, 15) is 4.21 Å². The molecule has 1 unspecified atom stereocenters. The largest absolute Gasteiger partial charge is 0.400 e. The fourth-order valence-electron chi connectivity index (χ4n) is 1.32. The lowest BCUT2D eigenvalue weighted by Gasteiger charge is -2.07. The first-order valence-electron chi connectivity index (χ1n) is 4.55. The lowest BCUT2D eigenvalue weighted by molar-refractivity contribution is 0.691. The Balaban J connectivity index is 2.86. The first-order chi connectivity index (χ1) is 7.15. The van der Waals surface area contributed by atoms with E-state index >= 15 is 0 Å². The van der Waals surface area contributed by atoms with Crippen molar-refractivity contribution in [3.8, 4) is 0 Å². The molecule has 0 aliphatic heterocycles. The molecule has 1 rings (SSSR count). The van der Waals surface area contributed by atoms with Crippen molar-refractivity contribution in [2.24, 2.45) is 5.73 Å². The van der Waals surface area contributed by atoms with Crippen LogP contribution in [0.25, 0.3) is 0 Å². The summed E-state index contributed by atoms with van der Waals surface area (Å²) in [5.41, 5.74) is 7.78. The highest BCUT2D eigenvalue weighted by Crippen LogP contribution is 2.19. The zero-order valence-electron chi connectivity index (χ0n) is 8.90. The number of hydrogen-bond donors (Lipinski definition) is 1. The number of nitrogens with two attached hydrogens (primary N) is 1. The molecule has 0 aliphatic carbocycles. The van der Waals surface area contributed by atoms with Gasteiger partial charge in [0.2, 0.25) is 0 Å². The van der Waals surface area contributed by atoms with Crippen LogP contribution in [-0.2, 0) is 17.2 Å². The van der Waals surface area contributed by atoms with Crippen LogP contribution in [0.5, 0.6) is 0 Å². The molecule has 0 saturated heterocycles. The number of thioether (sulfide) groups is 1. The number of allylic oxidation sites excluding steroid dienone is 1. The van der Waals surface area contributed by atoms with E-state index < -0.39 is 10.8 Å². The van der Waals surface area contributed by atoms with Gasteiger partial charge in [-0.3, -0.25) is 4.21 Å². The Kier molecular flexibility index (Phi) is 4.91. The molecule has 0 aromatic heterocycles. The molecule has 1 atom stereocenters. The van der Waals surface area contributed by atoms with Gasteiger partial charge in [0.15, 0.2) is 0 Å². The monoisotopic (exact) mass is 241 g/mol. The van der Waals surface area contributed by atoms with Gasteiger partial charge in [0.1, 0.15) is 0 Å². The van der Waals surface area contributed by atoms with E-state index in [1.54, 1.807) is 6.26 Å². The zero-order chi connectivity index (χ0) is 11.3. The topological polar surface area (TPSA) is 43.1 Å². The summed E-state index contributed by atoms with van der Waals surface area (Å²) in [6, 6.07) is 9.96. The molecule has 0 heterocycles.